The van der Waals surface area contributed by atoms with Crippen molar-refractivity contribution in [1.82, 2.24) is 0 Å². The normalized spacial score (nSPS) is 17.7. The molecule has 1 heterocycles. The van der Waals surface area contributed by atoms with Crippen molar-refractivity contribution in [2.45, 2.75) is 31.6 Å². The minimum atomic E-state index is -3.73. The predicted octanol–water partition coefficient (Wildman–Crippen LogP) is 1.46. The van der Waals surface area contributed by atoms with Crippen LogP contribution in [0.15, 0.2) is 17.0 Å². The zero-order valence-corrected chi connectivity index (χ0v) is 12.2. The molecule has 6 heteroatoms. The van der Waals surface area contributed by atoms with Gasteiger partial charge in [0.05, 0.1) is 4.90 Å². The van der Waals surface area contributed by atoms with Crippen molar-refractivity contribution in [3.05, 3.63) is 17.7 Å². The number of piperidine rings is 1. The minimum Gasteiger partial charge on any atom is -0.399 e. The lowest BCUT2D eigenvalue weighted by atomic mass is 9.98. The molecule has 1 aliphatic heterocycles. The third kappa shape index (κ3) is 3.01. The summed E-state index contributed by atoms with van der Waals surface area (Å²) in [6, 6.07) is 3.26. The summed E-state index contributed by atoms with van der Waals surface area (Å²) in [6.45, 7) is 5.87. The van der Waals surface area contributed by atoms with Crippen molar-refractivity contribution in [1.29, 1.82) is 0 Å². The summed E-state index contributed by atoms with van der Waals surface area (Å²) in [4.78, 5) is 2.32. The number of hydrogen-bond donors (Lipinski definition) is 2. The molecule has 1 aromatic carbocycles. The smallest absolute Gasteiger partial charge is 0.238 e. The Morgan fingerprint density at radius 2 is 1.84 bits per heavy atom. The van der Waals surface area contributed by atoms with Crippen LogP contribution >= 0.6 is 0 Å². The largest absolute Gasteiger partial charge is 0.399 e. The molecule has 0 unspecified atom stereocenters. The summed E-state index contributed by atoms with van der Waals surface area (Å²) < 4.78 is 23.2. The summed E-state index contributed by atoms with van der Waals surface area (Å²) in [5.74, 6) is 0.718. The number of rotatable bonds is 2. The molecule has 4 N–H and O–H groups in total. The second kappa shape index (κ2) is 5.02. The number of anilines is 2. The van der Waals surface area contributed by atoms with E-state index in [-0.39, 0.29) is 4.90 Å². The topological polar surface area (TPSA) is 89.4 Å². The Kier molecular flexibility index (Phi) is 3.73. The first kappa shape index (κ1) is 14.1. The zero-order chi connectivity index (χ0) is 14.2. The zero-order valence-electron chi connectivity index (χ0n) is 11.4. The van der Waals surface area contributed by atoms with E-state index in [1.807, 2.05) is 6.07 Å². The average Bonchev–Trinajstić information content (AvgIpc) is 2.31. The Labute approximate surface area is 114 Å². The summed E-state index contributed by atoms with van der Waals surface area (Å²) >= 11 is 0. The molecular formula is C13H21N3O2S. The first-order chi connectivity index (χ1) is 8.79. The molecule has 5 nitrogen and oxygen atoms in total. The van der Waals surface area contributed by atoms with Gasteiger partial charge in [-0.3, -0.25) is 0 Å². The van der Waals surface area contributed by atoms with Gasteiger partial charge >= 0.3 is 0 Å². The molecule has 0 bridgehead atoms. The van der Waals surface area contributed by atoms with E-state index >= 15 is 0 Å². The van der Waals surface area contributed by atoms with Gasteiger partial charge in [0.25, 0.3) is 0 Å². The maximum Gasteiger partial charge on any atom is 0.238 e. The summed E-state index contributed by atoms with van der Waals surface area (Å²) in [5, 5.41) is 5.25. The van der Waals surface area contributed by atoms with Gasteiger partial charge in [-0.25, -0.2) is 13.6 Å². The highest BCUT2D eigenvalue weighted by Crippen LogP contribution is 2.31. The van der Waals surface area contributed by atoms with Gasteiger partial charge in [-0.15, -0.1) is 0 Å². The van der Waals surface area contributed by atoms with E-state index in [0.29, 0.717) is 11.3 Å². The Hall–Kier alpha value is -1.27. The fourth-order valence-electron chi connectivity index (χ4n) is 2.57. The third-order valence-electron chi connectivity index (χ3n) is 3.79. The van der Waals surface area contributed by atoms with Gasteiger partial charge < -0.3 is 10.6 Å². The van der Waals surface area contributed by atoms with Crippen LogP contribution in [-0.4, -0.2) is 21.5 Å². The fourth-order valence-corrected chi connectivity index (χ4v) is 3.40. The van der Waals surface area contributed by atoms with Gasteiger partial charge in [0.2, 0.25) is 10.0 Å². The lowest BCUT2D eigenvalue weighted by Gasteiger charge is -2.33. The van der Waals surface area contributed by atoms with Crippen molar-refractivity contribution in [3.8, 4) is 0 Å². The summed E-state index contributed by atoms with van der Waals surface area (Å²) in [6.07, 6.45) is 2.22. The summed E-state index contributed by atoms with van der Waals surface area (Å²) in [7, 11) is -3.73. The van der Waals surface area contributed by atoms with Crippen molar-refractivity contribution in [2.75, 3.05) is 23.7 Å². The Bertz CT molecular complexity index is 576. The highest BCUT2D eigenvalue weighted by Gasteiger charge is 2.21. The highest BCUT2D eigenvalue weighted by atomic mass is 32.2. The average molecular weight is 283 g/mol. The maximum absolute atomic E-state index is 11.6. The second-order valence-corrected chi connectivity index (χ2v) is 6.91. The molecule has 0 radical (unpaired) electrons. The molecule has 0 amide bonds. The molecule has 1 saturated heterocycles. The van der Waals surface area contributed by atoms with E-state index in [9.17, 15) is 8.42 Å². The monoisotopic (exact) mass is 283 g/mol. The number of nitrogens with two attached hydrogens (primary N) is 2. The number of nitrogen functional groups attached to an aromatic ring is 1. The van der Waals surface area contributed by atoms with Gasteiger partial charge in [-0.05, 0) is 43.4 Å². The van der Waals surface area contributed by atoms with Crippen LogP contribution in [0.1, 0.15) is 25.3 Å². The van der Waals surface area contributed by atoms with Crippen LogP contribution < -0.4 is 15.8 Å². The van der Waals surface area contributed by atoms with E-state index < -0.39 is 10.0 Å². The molecule has 19 heavy (non-hydrogen) atoms. The molecule has 0 saturated carbocycles. The summed E-state index contributed by atoms with van der Waals surface area (Å²) in [5.41, 5.74) is 7.82. The van der Waals surface area contributed by atoms with Crippen LogP contribution in [0.25, 0.3) is 0 Å². The molecule has 1 fully saturated rings. The minimum absolute atomic E-state index is 0.126. The van der Waals surface area contributed by atoms with Crippen molar-refractivity contribution in [2.24, 2.45) is 11.1 Å². The molecule has 1 aromatic rings. The number of sulfonamides is 1. The Morgan fingerprint density at radius 1 is 1.26 bits per heavy atom. The first-order valence-electron chi connectivity index (χ1n) is 6.47. The number of hydrogen-bond acceptors (Lipinski definition) is 4. The van der Waals surface area contributed by atoms with Crippen molar-refractivity contribution < 1.29 is 8.42 Å². The van der Waals surface area contributed by atoms with Crippen LogP contribution in [0.2, 0.25) is 0 Å². The molecule has 0 aliphatic carbocycles. The molecular weight excluding hydrogens is 262 g/mol. The Balaban J connectivity index is 2.44. The standard InChI is InChI=1S/C13H21N3O2S/c1-9-3-5-16(6-4-9)12-7-11(14)8-13(10(12)2)19(15,17)18/h7-9H,3-6,14H2,1-2H3,(H2,15,17,18). The SMILES string of the molecule is Cc1c(N2CCC(C)CC2)cc(N)cc1S(N)(=O)=O. The maximum atomic E-state index is 11.6. The highest BCUT2D eigenvalue weighted by molar-refractivity contribution is 7.89. The molecule has 0 aromatic heterocycles. The fraction of sp³-hybridized carbons (Fsp3) is 0.538. The third-order valence-corrected chi connectivity index (χ3v) is 4.82. The molecule has 1 aliphatic rings. The number of benzene rings is 1. The lowest BCUT2D eigenvalue weighted by molar-refractivity contribution is 0.438. The van der Waals surface area contributed by atoms with E-state index in [1.54, 1.807) is 6.92 Å². The van der Waals surface area contributed by atoms with E-state index in [0.717, 1.165) is 37.5 Å². The lowest BCUT2D eigenvalue weighted by Crippen LogP contribution is -2.33. The molecule has 106 valence electrons. The van der Waals surface area contributed by atoms with Gasteiger partial charge in [-0.2, -0.15) is 0 Å². The van der Waals surface area contributed by atoms with Crippen LogP contribution in [0.4, 0.5) is 11.4 Å². The molecule has 2 rings (SSSR count). The van der Waals surface area contributed by atoms with E-state index in [1.165, 1.54) is 6.07 Å². The number of nitrogens with zero attached hydrogens (tertiary/aromatic N) is 1. The van der Waals surface area contributed by atoms with Crippen LogP contribution in [0, 0.1) is 12.8 Å². The quantitative estimate of drug-likeness (QED) is 0.804. The first-order valence-corrected chi connectivity index (χ1v) is 8.01. The van der Waals surface area contributed by atoms with Gasteiger partial charge in [0.1, 0.15) is 0 Å². The molecule has 0 spiro atoms. The van der Waals surface area contributed by atoms with Gasteiger partial charge in [-0.1, -0.05) is 6.92 Å². The van der Waals surface area contributed by atoms with Crippen LogP contribution in [-0.2, 0) is 10.0 Å². The predicted molar refractivity (Wildman–Crippen MR) is 77.6 cm³/mol. The van der Waals surface area contributed by atoms with Gasteiger partial charge in [0.15, 0.2) is 0 Å². The van der Waals surface area contributed by atoms with Crippen molar-refractivity contribution in [3.63, 3.8) is 0 Å². The van der Waals surface area contributed by atoms with E-state index in [2.05, 4.69) is 11.8 Å². The Morgan fingerprint density at radius 3 is 2.37 bits per heavy atom. The van der Waals surface area contributed by atoms with E-state index in [4.69, 9.17) is 10.9 Å². The van der Waals surface area contributed by atoms with Crippen LogP contribution in [0.3, 0.4) is 0 Å². The van der Waals surface area contributed by atoms with Crippen LogP contribution in [0.5, 0.6) is 0 Å². The van der Waals surface area contributed by atoms with Crippen molar-refractivity contribution >= 4 is 21.4 Å². The second-order valence-electron chi connectivity index (χ2n) is 5.38. The van der Waals surface area contributed by atoms with Gasteiger partial charge in [0, 0.05) is 24.5 Å². The number of primary sulfonamides is 1. The molecule has 0 atom stereocenters.